The molecular formula is C17H17N5O2S. The minimum absolute atomic E-state index is 0.301. The van der Waals surface area contributed by atoms with Gasteiger partial charge in [0.15, 0.2) is 5.65 Å². The first-order valence-corrected chi connectivity index (χ1v) is 8.89. The van der Waals surface area contributed by atoms with Gasteiger partial charge in [0.25, 0.3) is 11.8 Å². The van der Waals surface area contributed by atoms with Crippen molar-refractivity contribution in [3.63, 3.8) is 0 Å². The summed E-state index contributed by atoms with van der Waals surface area (Å²) in [6.07, 6.45) is 4.67. The number of hydrazine groups is 1. The maximum absolute atomic E-state index is 12.4. The number of carbonyl (C=O) groups is 2. The van der Waals surface area contributed by atoms with Crippen LogP contribution in [-0.4, -0.2) is 26.4 Å². The number of thiophene rings is 1. The number of hydrogen-bond acceptors (Lipinski definition) is 5. The molecule has 1 aliphatic rings. The van der Waals surface area contributed by atoms with Crippen molar-refractivity contribution in [3.05, 3.63) is 50.6 Å². The predicted octanol–water partition coefficient (Wildman–Crippen LogP) is 1.97. The third-order valence-corrected chi connectivity index (χ3v) is 5.52. The zero-order valence-electron chi connectivity index (χ0n) is 13.9. The summed E-state index contributed by atoms with van der Waals surface area (Å²) in [6.45, 7) is 3.76. The van der Waals surface area contributed by atoms with Crippen molar-refractivity contribution in [2.75, 3.05) is 0 Å². The van der Waals surface area contributed by atoms with Gasteiger partial charge >= 0.3 is 0 Å². The molecule has 3 heterocycles. The second kappa shape index (κ2) is 5.96. The number of hydrogen-bond donors (Lipinski definition) is 2. The van der Waals surface area contributed by atoms with E-state index in [0.29, 0.717) is 16.1 Å². The molecule has 25 heavy (non-hydrogen) atoms. The molecule has 2 N–H and O–H groups in total. The molecule has 8 heteroatoms. The van der Waals surface area contributed by atoms with E-state index in [4.69, 9.17) is 0 Å². The summed E-state index contributed by atoms with van der Waals surface area (Å²) < 4.78 is 1.60. The van der Waals surface area contributed by atoms with Gasteiger partial charge in [0.2, 0.25) is 0 Å². The van der Waals surface area contributed by atoms with Gasteiger partial charge < -0.3 is 0 Å². The Kier molecular flexibility index (Phi) is 3.76. The molecule has 0 unspecified atom stereocenters. The van der Waals surface area contributed by atoms with Gasteiger partial charge in [0.05, 0.1) is 11.1 Å². The van der Waals surface area contributed by atoms with Crippen LogP contribution in [0.4, 0.5) is 0 Å². The highest BCUT2D eigenvalue weighted by Crippen LogP contribution is 2.30. The summed E-state index contributed by atoms with van der Waals surface area (Å²) in [6, 6.07) is 3.80. The van der Waals surface area contributed by atoms with E-state index >= 15 is 0 Å². The molecule has 0 aliphatic heterocycles. The van der Waals surface area contributed by atoms with Gasteiger partial charge in [-0.15, -0.1) is 11.3 Å². The Balaban J connectivity index is 1.49. The average Bonchev–Trinajstić information content (AvgIpc) is 3.25. The number of carbonyl (C=O) groups excluding carboxylic acids is 2. The molecular weight excluding hydrogens is 338 g/mol. The fourth-order valence-corrected chi connectivity index (χ4v) is 4.26. The molecule has 0 spiro atoms. The highest BCUT2D eigenvalue weighted by molar-refractivity contribution is 7.14. The second-order valence-corrected chi connectivity index (χ2v) is 7.29. The SMILES string of the molecule is Cc1cc(C)n2ncc(C(=O)NNC(=O)c3cc4c(s3)CCC4)c2n1. The number of nitrogens with one attached hydrogen (secondary N) is 2. The fraction of sp³-hybridized carbons (Fsp3) is 0.294. The number of amides is 2. The molecule has 128 valence electrons. The summed E-state index contributed by atoms with van der Waals surface area (Å²) >= 11 is 1.49. The minimum Gasteiger partial charge on any atom is -0.267 e. The maximum atomic E-state index is 12.4. The average molecular weight is 355 g/mol. The van der Waals surface area contributed by atoms with Crippen LogP contribution >= 0.6 is 11.3 Å². The van der Waals surface area contributed by atoms with E-state index in [1.807, 2.05) is 26.0 Å². The van der Waals surface area contributed by atoms with Crippen LogP contribution in [0.15, 0.2) is 18.3 Å². The molecule has 0 atom stereocenters. The largest absolute Gasteiger partial charge is 0.279 e. The van der Waals surface area contributed by atoms with E-state index in [-0.39, 0.29) is 5.91 Å². The van der Waals surface area contributed by atoms with E-state index in [0.717, 1.165) is 30.7 Å². The first kappa shape index (κ1) is 15.8. The summed E-state index contributed by atoms with van der Waals surface area (Å²) in [5.74, 6) is -0.741. The topological polar surface area (TPSA) is 88.4 Å². The molecule has 0 saturated heterocycles. The van der Waals surface area contributed by atoms with Gasteiger partial charge in [-0.3, -0.25) is 20.4 Å². The number of aromatic nitrogens is 3. The van der Waals surface area contributed by atoms with Crippen LogP contribution in [0.1, 0.15) is 48.3 Å². The third-order valence-electron chi connectivity index (χ3n) is 4.28. The molecule has 3 aromatic rings. The second-order valence-electron chi connectivity index (χ2n) is 6.15. The summed E-state index contributed by atoms with van der Waals surface area (Å²) in [7, 11) is 0. The molecule has 2 amide bonds. The van der Waals surface area contributed by atoms with Gasteiger partial charge in [-0.25, -0.2) is 9.50 Å². The van der Waals surface area contributed by atoms with E-state index in [1.54, 1.807) is 4.52 Å². The molecule has 0 fully saturated rings. The highest BCUT2D eigenvalue weighted by Gasteiger charge is 2.20. The van der Waals surface area contributed by atoms with Gasteiger partial charge in [-0.2, -0.15) is 5.10 Å². The lowest BCUT2D eigenvalue weighted by atomic mass is 10.2. The smallest absolute Gasteiger partial charge is 0.267 e. The van der Waals surface area contributed by atoms with Crippen LogP contribution in [0, 0.1) is 13.8 Å². The summed E-state index contributed by atoms with van der Waals surface area (Å²) in [5, 5.41) is 4.18. The Labute approximate surface area is 148 Å². The van der Waals surface area contributed by atoms with Crippen molar-refractivity contribution in [2.24, 2.45) is 0 Å². The van der Waals surface area contributed by atoms with E-state index in [1.165, 1.54) is 28.0 Å². The quantitative estimate of drug-likeness (QED) is 0.688. The summed E-state index contributed by atoms with van der Waals surface area (Å²) in [4.78, 5) is 30.9. The van der Waals surface area contributed by atoms with Gasteiger partial charge in [-0.1, -0.05) is 0 Å². The monoisotopic (exact) mass is 355 g/mol. The molecule has 7 nitrogen and oxygen atoms in total. The molecule has 1 aliphatic carbocycles. The lowest BCUT2D eigenvalue weighted by molar-refractivity contribution is 0.0849. The Bertz CT molecular complexity index is 983. The molecule has 0 aromatic carbocycles. The molecule has 3 aromatic heterocycles. The Morgan fingerprint density at radius 2 is 1.96 bits per heavy atom. The van der Waals surface area contributed by atoms with Crippen LogP contribution in [0.2, 0.25) is 0 Å². The zero-order chi connectivity index (χ0) is 17.6. The van der Waals surface area contributed by atoms with Crippen molar-refractivity contribution >= 4 is 28.8 Å². The molecule has 4 rings (SSSR count). The highest BCUT2D eigenvalue weighted by atomic mass is 32.1. The van der Waals surface area contributed by atoms with Crippen molar-refractivity contribution < 1.29 is 9.59 Å². The van der Waals surface area contributed by atoms with E-state index in [2.05, 4.69) is 20.9 Å². The number of nitrogens with zero attached hydrogens (tertiary/aromatic N) is 3. The zero-order valence-corrected chi connectivity index (χ0v) is 14.7. The molecule has 0 saturated carbocycles. The van der Waals surface area contributed by atoms with Crippen LogP contribution in [0.3, 0.4) is 0 Å². The van der Waals surface area contributed by atoms with Crippen LogP contribution in [0.5, 0.6) is 0 Å². The van der Waals surface area contributed by atoms with Crippen LogP contribution < -0.4 is 10.9 Å². The number of rotatable bonds is 2. The first-order valence-electron chi connectivity index (χ1n) is 8.07. The van der Waals surface area contributed by atoms with Crippen molar-refractivity contribution in [3.8, 4) is 0 Å². The standard InChI is InChI=1S/C17H17N5O2S/c1-9-6-10(2)22-15(19-9)12(8-18-22)16(23)20-21-17(24)14-7-11-4-3-5-13(11)25-14/h6-8H,3-5H2,1-2H3,(H,20,23)(H,21,24). The lowest BCUT2D eigenvalue weighted by Crippen LogP contribution is -2.41. The van der Waals surface area contributed by atoms with Gasteiger partial charge in [-0.05, 0) is 50.8 Å². The van der Waals surface area contributed by atoms with E-state index in [9.17, 15) is 9.59 Å². The maximum Gasteiger partial charge on any atom is 0.279 e. The Morgan fingerprint density at radius 3 is 2.76 bits per heavy atom. The Hall–Kier alpha value is -2.74. The third kappa shape index (κ3) is 2.78. The minimum atomic E-state index is -0.440. The number of aryl methyl sites for hydroxylation is 4. The van der Waals surface area contributed by atoms with Crippen molar-refractivity contribution in [1.82, 2.24) is 25.4 Å². The van der Waals surface area contributed by atoms with Crippen molar-refractivity contribution in [2.45, 2.75) is 33.1 Å². The first-order chi connectivity index (χ1) is 12.0. The normalized spacial score (nSPS) is 13.0. The fourth-order valence-electron chi connectivity index (χ4n) is 3.11. The van der Waals surface area contributed by atoms with Gasteiger partial charge in [0, 0.05) is 16.3 Å². The Morgan fingerprint density at radius 1 is 1.16 bits per heavy atom. The molecule has 0 bridgehead atoms. The molecule has 0 radical (unpaired) electrons. The van der Waals surface area contributed by atoms with E-state index < -0.39 is 5.91 Å². The van der Waals surface area contributed by atoms with Crippen LogP contribution in [-0.2, 0) is 12.8 Å². The number of fused-ring (bicyclic) bond motifs is 2. The lowest BCUT2D eigenvalue weighted by Gasteiger charge is -2.06. The van der Waals surface area contributed by atoms with Crippen LogP contribution in [0.25, 0.3) is 5.65 Å². The van der Waals surface area contributed by atoms with Gasteiger partial charge in [0.1, 0.15) is 5.56 Å². The predicted molar refractivity (Wildman–Crippen MR) is 93.7 cm³/mol. The summed E-state index contributed by atoms with van der Waals surface area (Å²) in [5.41, 5.74) is 8.66. The van der Waals surface area contributed by atoms with Crippen molar-refractivity contribution in [1.29, 1.82) is 0 Å².